The number of nitrogens with one attached hydrogen (secondary N) is 1. The molecule has 7 heterocycles. The molecule has 6 atom stereocenters. The molecule has 0 radical (unpaired) electrons. The maximum absolute atomic E-state index is 3.38. The van der Waals surface area contributed by atoms with Crippen molar-refractivity contribution in [3.63, 3.8) is 0 Å². The Labute approximate surface area is 701 Å². The summed E-state index contributed by atoms with van der Waals surface area (Å²) in [6.45, 7) is 104. The van der Waals surface area contributed by atoms with Crippen LogP contribution in [0, 0.1) is 94.7 Å². The van der Waals surface area contributed by atoms with Crippen molar-refractivity contribution in [3.8, 4) is 0 Å². The van der Waals surface area contributed by atoms with Gasteiger partial charge in [0.1, 0.15) is 0 Å². The van der Waals surface area contributed by atoms with Crippen molar-refractivity contribution in [1.82, 2.24) is 44.5 Å². The van der Waals surface area contributed by atoms with Crippen LogP contribution in [0.4, 0.5) is 0 Å². The Balaban J connectivity index is -0.000000109. The molecule has 1 N–H and O–H groups in total. The highest BCUT2D eigenvalue weighted by Gasteiger charge is 2.30. The number of rotatable bonds is 22. The average molecular weight is 1560 g/mol. The number of hydrogen-bond donors (Lipinski definition) is 1. The molecule has 0 aromatic carbocycles. The van der Waals surface area contributed by atoms with Gasteiger partial charge in [-0.1, -0.05) is 205 Å². The summed E-state index contributed by atoms with van der Waals surface area (Å²) in [6.07, 6.45) is 18.2. The Kier molecular flexibility index (Phi) is 89.6. The van der Waals surface area contributed by atoms with E-state index >= 15 is 0 Å². The molecule has 9 nitrogen and oxygen atoms in total. The van der Waals surface area contributed by atoms with Crippen molar-refractivity contribution in [1.29, 1.82) is 0 Å². The average Bonchev–Trinajstić information content (AvgIpc) is 1.83. The van der Waals surface area contributed by atoms with Crippen LogP contribution in [0.3, 0.4) is 0 Å². The molecule has 0 aliphatic carbocycles. The zero-order valence-corrected chi connectivity index (χ0v) is 76.0. The Morgan fingerprint density at radius 3 is 0.606 bits per heavy atom. The third-order valence-electron chi connectivity index (χ3n) is 24.7. The zero-order valence-electron chi connectivity index (χ0n) is 76.0. The molecule has 0 aromatic heterocycles. The largest absolute Gasteiger partial charge is 0.315 e. The monoisotopic (exact) mass is 1560 g/mol. The van der Waals surface area contributed by atoms with E-state index in [1.807, 2.05) is 0 Å². The molecular formula is C100H231N9. The number of nitrogens with zero attached hydrogens (tertiary/aromatic N) is 8. The lowest BCUT2D eigenvalue weighted by Crippen LogP contribution is -2.41. The highest BCUT2D eigenvalue weighted by Crippen LogP contribution is 2.30. The number of piperidine rings is 4. The maximum Gasteiger partial charge on any atom is 0.00387 e. The Morgan fingerprint density at radius 2 is 0.440 bits per heavy atom. The van der Waals surface area contributed by atoms with Crippen molar-refractivity contribution < 1.29 is 0 Å². The van der Waals surface area contributed by atoms with Gasteiger partial charge in [0.05, 0.1) is 0 Å². The molecule has 676 valence electrons. The van der Waals surface area contributed by atoms with E-state index in [0.29, 0.717) is 12.1 Å². The van der Waals surface area contributed by atoms with E-state index in [1.54, 1.807) is 0 Å². The molecule has 2 unspecified atom stereocenters. The maximum atomic E-state index is 3.38. The summed E-state index contributed by atoms with van der Waals surface area (Å²) in [5.74, 6) is 14.5. The first-order valence-electron chi connectivity index (χ1n) is 44.0. The van der Waals surface area contributed by atoms with Gasteiger partial charge in [-0.25, -0.2) is 0 Å². The fourth-order valence-corrected chi connectivity index (χ4v) is 15.1. The summed E-state index contributed by atoms with van der Waals surface area (Å²) >= 11 is 0. The van der Waals surface area contributed by atoms with Gasteiger partial charge in [-0.15, -0.1) is 0 Å². The molecule has 7 aliphatic rings. The van der Waals surface area contributed by atoms with E-state index in [0.717, 1.165) is 144 Å². The highest BCUT2D eigenvalue weighted by molar-refractivity contribution is 4.84. The van der Waals surface area contributed by atoms with Gasteiger partial charge < -0.3 is 44.5 Å². The standard InChI is InChI=1S/4C11H23N.3C10H21N.C9H21N.C8H19N.9CH4/c1-9(2)11-5-7-12(8-6-11)10(3)4;3*1-9(2)11-6-5-7-12(8-11)10(3)4;3*1-8(2)10-5-6-11(7-10)9(3)4;1-8(2)6-7-10(5)9(3)4;1-7(2)5-6-9-8(3)4;;;;;;;;;/h4*9-11H,5-8H2,1-4H3;3*8-10H,5-7H2,1-4H3;8-9H,6-7H2,1-5H3;7-9H,5-6H2,1-4H3;9*1H4/t;2*11-;;2*10-;;;;;;;;;;;;/m.10.10............/s1. The van der Waals surface area contributed by atoms with Crippen LogP contribution in [0.5, 0.6) is 0 Å². The van der Waals surface area contributed by atoms with E-state index in [9.17, 15) is 0 Å². The molecule has 7 fully saturated rings. The van der Waals surface area contributed by atoms with Gasteiger partial charge in [-0.05, 0) is 361 Å². The molecule has 9 heteroatoms. The van der Waals surface area contributed by atoms with E-state index in [-0.39, 0.29) is 66.8 Å². The molecule has 7 aliphatic heterocycles. The van der Waals surface area contributed by atoms with Crippen LogP contribution < -0.4 is 5.32 Å². The third kappa shape index (κ3) is 63.4. The van der Waals surface area contributed by atoms with Crippen LogP contribution >= 0.6 is 0 Å². The van der Waals surface area contributed by atoms with Crippen molar-refractivity contribution in [2.45, 2.75) is 454 Å². The second-order valence-corrected chi connectivity index (χ2v) is 39.1. The fourth-order valence-electron chi connectivity index (χ4n) is 15.1. The van der Waals surface area contributed by atoms with E-state index in [2.05, 4.69) is 301 Å². The topological polar surface area (TPSA) is 38.0 Å². The van der Waals surface area contributed by atoms with Crippen LogP contribution in [-0.2, 0) is 0 Å². The van der Waals surface area contributed by atoms with Crippen molar-refractivity contribution in [2.75, 3.05) is 112 Å². The normalized spacial score (nSPS) is 21.7. The van der Waals surface area contributed by atoms with Gasteiger partial charge >= 0.3 is 0 Å². The first kappa shape index (κ1) is 132. The molecule has 109 heavy (non-hydrogen) atoms. The van der Waals surface area contributed by atoms with E-state index < -0.39 is 0 Å². The summed E-state index contributed by atoms with van der Waals surface area (Å²) in [5.41, 5.74) is 0. The number of likely N-dealkylation sites (tertiary alicyclic amines) is 7. The second kappa shape index (κ2) is 74.0. The van der Waals surface area contributed by atoms with Crippen LogP contribution in [-0.4, -0.2) is 205 Å². The first-order valence-corrected chi connectivity index (χ1v) is 44.0. The van der Waals surface area contributed by atoms with Crippen molar-refractivity contribution in [2.24, 2.45) is 94.7 Å². The minimum absolute atomic E-state index is 0. The predicted molar refractivity (Wildman–Crippen MR) is 516 cm³/mol. The van der Waals surface area contributed by atoms with Crippen LogP contribution in [0.25, 0.3) is 0 Å². The first-order chi connectivity index (χ1) is 46.4. The zero-order chi connectivity index (χ0) is 77.3. The summed E-state index contributed by atoms with van der Waals surface area (Å²) in [6, 6.07) is 6.56. The van der Waals surface area contributed by atoms with Gasteiger partial charge in [0.2, 0.25) is 0 Å². The molecule has 0 saturated carbocycles. The minimum Gasteiger partial charge on any atom is -0.315 e. The molecule has 0 aromatic rings. The smallest absolute Gasteiger partial charge is 0.00387 e. The summed E-state index contributed by atoms with van der Waals surface area (Å²) in [7, 11) is 2.19. The molecule has 7 rings (SSSR count). The van der Waals surface area contributed by atoms with Crippen LogP contribution in [0.2, 0.25) is 0 Å². The second-order valence-electron chi connectivity index (χ2n) is 39.1. The minimum atomic E-state index is 0. The van der Waals surface area contributed by atoms with Gasteiger partial charge in [0, 0.05) is 93.6 Å². The molecular weight excluding hydrogens is 1330 g/mol. The van der Waals surface area contributed by atoms with Crippen molar-refractivity contribution in [3.05, 3.63) is 0 Å². The predicted octanol–water partition coefficient (Wildman–Crippen LogP) is 28.3. The van der Waals surface area contributed by atoms with Gasteiger partial charge in [-0.2, -0.15) is 0 Å². The van der Waals surface area contributed by atoms with Crippen molar-refractivity contribution >= 4 is 0 Å². The van der Waals surface area contributed by atoms with E-state index in [1.165, 1.54) is 182 Å². The van der Waals surface area contributed by atoms with Crippen LogP contribution in [0.1, 0.15) is 400 Å². The SMILES string of the molecule is C.C.C.C.C.C.C.C.C.CC(C)C1CCCN(C(C)C)C1.CC(C)C1CCN(C(C)C)C1.CC(C)C1CCN(C(C)C)CC1.CC(C)CCN(C)C(C)C.CC(C)CCNC(C)C.CC(C)[C@@H]1CCCN(C(C)C)C1.CC(C)[C@@H]1CCN(C(C)C)C1.CC(C)[C@H]1CCCN(C(C)C)C1.CC(C)[C@H]1CCN(C(C)C)C1. The third-order valence-corrected chi connectivity index (χ3v) is 24.7. The lowest BCUT2D eigenvalue weighted by atomic mass is 9.86. The summed E-state index contributed by atoms with van der Waals surface area (Å²) in [5, 5.41) is 3.38. The highest BCUT2D eigenvalue weighted by atomic mass is 15.2. The number of hydrogen-bond acceptors (Lipinski definition) is 9. The molecule has 7 saturated heterocycles. The lowest BCUT2D eigenvalue weighted by molar-refractivity contribution is 0.117. The lowest BCUT2D eigenvalue weighted by Gasteiger charge is -2.37. The van der Waals surface area contributed by atoms with E-state index in [4.69, 9.17) is 0 Å². The fraction of sp³-hybridized carbons (Fsp3) is 1.00. The van der Waals surface area contributed by atoms with Gasteiger partial charge in [-0.3, -0.25) is 0 Å². The quantitative estimate of drug-likeness (QED) is 0.114. The summed E-state index contributed by atoms with van der Waals surface area (Å²) in [4.78, 5) is 20.6. The Hall–Kier alpha value is -0.360. The molecule has 0 bridgehead atoms. The Bertz CT molecular complexity index is 1550. The Morgan fingerprint density at radius 1 is 0.248 bits per heavy atom. The molecule has 0 amide bonds. The molecule has 0 spiro atoms. The van der Waals surface area contributed by atoms with Gasteiger partial charge in [0.15, 0.2) is 0 Å². The van der Waals surface area contributed by atoms with Crippen LogP contribution in [0.15, 0.2) is 0 Å². The van der Waals surface area contributed by atoms with Gasteiger partial charge in [0.25, 0.3) is 0 Å². The summed E-state index contributed by atoms with van der Waals surface area (Å²) < 4.78 is 0.